The molecule has 0 atom stereocenters. The Hall–Kier alpha value is -3.26. The van der Waals surface area contributed by atoms with Crippen LogP contribution in [0.5, 0.6) is 0 Å². The van der Waals surface area contributed by atoms with E-state index in [1.54, 1.807) is 18.2 Å². The van der Waals surface area contributed by atoms with Crippen LogP contribution in [0.4, 0.5) is 0 Å². The molecule has 0 bridgehead atoms. The Labute approximate surface area is 264 Å². The van der Waals surface area contributed by atoms with Crippen LogP contribution in [-0.4, -0.2) is 43.5 Å². The third-order valence-electron chi connectivity index (χ3n) is 8.37. The average molecular weight is 638 g/mol. The summed E-state index contributed by atoms with van der Waals surface area (Å²) in [5, 5.41) is 0.187. The molecule has 9 nitrogen and oxygen atoms in total. The summed E-state index contributed by atoms with van der Waals surface area (Å²) in [7, 11) is -3.85. The van der Waals surface area contributed by atoms with Crippen LogP contribution in [0.15, 0.2) is 54.6 Å². The molecular formula is C33H47N3O6Si2. The van der Waals surface area contributed by atoms with E-state index in [1.165, 1.54) is 12.1 Å². The molecule has 44 heavy (non-hydrogen) atoms. The van der Waals surface area contributed by atoms with Gasteiger partial charge in [-0.3, -0.25) is 9.97 Å². The van der Waals surface area contributed by atoms with E-state index in [-0.39, 0.29) is 34.7 Å². The number of ether oxygens (including phenoxy) is 2. The van der Waals surface area contributed by atoms with E-state index >= 15 is 0 Å². The molecule has 0 unspecified atom stereocenters. The maximum atomic E-state index is 12.8. The number of carbonyl (C=O) groups is 2. The molecule has 3 aromatic rings. The SMILES string of the molecule is CC(C)(C)[Si](C)(C)OCc1cccc(COC(=O)c2cccc(C(=O)OCc3cccc(CO[Si](C)(C)C(C)(C)C)n3)n2)n1. The Bertz CT molecular complexity index is 1340. The fraction of sp³-hybridized carbons (Fsp3) is 0.485. The Kier molecular flexibility index (Phi) is 11.4. The average Bonchev–Trinajstić information content (AvgIpc) is 2.96. The lowest BCUT2D eigenvalue weighted by atomic mass is 10.2. The molecule has 0 saturated heterocycles. The van der Waals surface area contributed by atoms with Gasteiger partial charge < -0.3 is 18.3 Å². The number of hydrogen-bond acceptors (Lipinski definition) is 9. The van der Waals surface area contributed by atoms with Crippen molar-refractivity contribution in [3.8, 4) is 0 Å². The van der Waals surface area contributed by atoms with Gasteiger partial charge in [-0.25, -0.2) is 14.6 Å². The first-order valence-electron chi connectivity index (χ1n) is 14.9. The standard InChI is InChI=1S/C33H47N3O6Si2/c1-32(2,3)43(7,8)41-22-26-16-11-14-24(34-26)20-39-30(37)28-18-13-19-29(36-28)31(38)40-21-25-15-12-17-27(35-25)23-42-44(9,10)33(4,5)6/h11-19H,20-23H2,1-10H3. The van der Waals surface area contributed by atoms with E-state index in [9.17, 15) is 9.59 Å². The molecule has 0 spiro atoms. The molecule has 3 aromatic heterocycles. The molecule has 238 valence electrons. The summed E-state index contributed by atoms with van der Waals surface area (Å²) in [6.45, 7) is 22.6. The molecular weight excluding hydrogens is 591 g/mol. The van der Waals surface area contributed by atoms with E-state index in [2.05, 4.69) is 82.7 Å². The monoisotopic (exact) mass is 637 g/mol. The Balaban J connectivity index is 1.54. The van der Waals surface area contributed by atoms with Crippen molar-refractivity contribution in [2.45, 2.75) is 104 Å². The zero-order valence-corrected chi connectivity index (χ0v) is 29.8. The summed E-state index contributed by atoms with van der Waals surface area (Å²) >= 11 is 0. The number of hydrogen-bond donors (Lipinski definition) is 0. The summed E-state index contributed by atoms with van der Waals surface area (Å²) < 4.78 is 23.4. The molecule has 0 aliphatic heterocycles. The van der Waals surface area contributed by atoms with E-state index in [4.69, 9.17) is 18.3 Å². The van der Waals surface area contributed by atoms with E-state index < -0.39 is 28.6 Å². The third kappa shape index (κ3) is 9.88. The van der Waals surface area contributed by atoms with Crippen molar-refractivity contribution in [2.75, 3.05) is 0 Å². The first kappa shape index (κ1) is 35.2. The summed E-state index contributed by atoms with van der Waals surface area (Å²) in [6, 6.07) is 15.6. The molecule has 11 heteroatoms. The fourth-order valence-electron chi connectivity index (χ4n) is 3.41. The summed E-state index contributed by atoms with van der Waals surface area (Å²) in [5.41, 5.74) is 2.73. The largest absolute Gasteiger partial charge is 0.454 e. The first-order valence-corrected chi connectivity index (χ1v) is 20.7. The molecule has 0 amide bonds. The van der Waals surface area contributed by atoms with Crippen LogP contribution >= 0.6 is 0 Å². The fourth-order valence-corrected chi connectivity index (χ4v) is 5.29. The number of pyridine rings is 3. The normalized spacial score (nSPS) is 12.6. The second-order valence-corrected chi connectivity index (χ2v) is 23.5. The Morgan fingerprint density at radius 1 is 0.545 bits per heavy atom. The minimum Gasteiger partial charge on any atom is -0.454 e. The number of carbonyl (C=O) groups excluding carboxylic acids is 2. The smallest absolute Gasteiger partial charge is 0.357 e. The van der Waals surface area contributed by atoms with Crippen LogP contribution in [0.2, 0.25) is 36.3 Å². The second kappa shape index (κ2) is 14.2. The maximum Gasteiger partial charge on any atom is 0.357 e. The van der Waals surface area contributed by atoms with Gasteiger partial charge in [0.2, 0.25) is 0 Å². The summed E-state index contributed by atoms with van der Waals surface area (Å²) in [5.74, 6) is -1.33. The predicted molar refractivity (Wildman–Crippen MR) is 175 cm³/mol. The van der Waals surface area contributed by atoms with Crippen LogP contribution < -0.4 is 0 Å². The van der Waals surface area contributed by atoms with Crippen molar-refractivity contribution >= 4 is 28.6 Å². The highest BCUT2D eigenvalue weighted by molar-refractivity contribution is 6.74. The van der Waals surface area contributed by atoms with Gasteiger partial charge >= 0.3 is 11.9 Å². The third-order valence-corrected chi connectivity index (χ3v) is 17.3. The van der Waals surface area contributed by atoms with Crippen LogP contribution in [0.1, 0.15) is 85.3 Å². The molecule has 0 aliphatic carbocycles. The van der Waals surface area contributed by atoms with Gasteiger partial charge in [-0.2, -0.15) is 0 Å². The highest BCUT2D eigenvalue weighted by Crippen LogP contribution is 2.37. The molecule has 0 N–H and O–H groups in total. The van der Waals surface area contributed by atoms with E-state index in [0.717, 1.165) is 11.4 Å². The van der Waals surface area contributed by atoms with Crippen LogP contribution in [0.25, 0.3) is 0 Å². The topological polar surface area (TPSA) is 110 Å². The van der Waals surface area contributed by atoms with E-state index in [1.807, 2.05) is 24.3 Å². The van der Waals surface area contributed by atoms with Gasteiger partial charge in [-0.15, -0.1) is 0 Å². The van der Waals surface area contributed by atoms with Crippen molar-refractivity contribution in [2.24, 2.45) is 0 Å². The highest BCUT2D eigenvalue weighted by Gasteiger charge is 2.38. The maximum absolute atomic E-state index is 12.8. The summed E-state index contributed by atoms with van der Waals surface area (Å²) in [4.78, 5) is 38.8. The number of rotatable bonds is 12. The van der Waals surface area contributed by atoms with Crippen molar-refractivity contribution in [1.82, 2.24) is 15.0 Å². The molecule has 0 aromatic carbocycles. The van der Waals surface area contributed by atoms with Crippen molar-refractivity contribution in [3.63, 3.8) is 0 Å². The van der Waals surface area contributed by atoms with Gasteiger partial charge in [-0.1, -0.05) is 59.7 Å². The predicted octanol–water partition coefficient (Wildman–Crippen LogP) is 7.63. The van der Waals surface area contributed by atoms with Crippen molar-refractivity contribution in [3.05, 3.63) is 88.8 Å². The molecule has 0 radical (unpaired) electrons. The van der Waals surface area contributed by atoms with Gasteiger partial charge in [0, 0.05) is 0 Å². The molecule has 0 saturated carbocycles. The van der Waals surface area contributed by atoms with Crippen LogP contribution in [0, 0.1) is 0 Å². The number of aromatic nitrogens is 3. The van der Waals surface area contributed by atoms with E-state index in [0.29, 0.717) is 24.6 Å². The lowest BCUT2D eigenvalue weighted by Gasteiger charge is -2.36. The van der Waals surface area contributed by atoms with Gasteiger partial charge in [0.25, 0.3) is 0 Å². The lowest BCUT2D eigenvalue weighted by Crippen LogP contribution is -2.40. The van der Waals surface area contributed by atoms with Crippen LogP contribution in [-0.2, 0) is 44.8 Å². The minimum atomic E-state index is -1.92. The highest BCUT2D eigenvalue weighted by atomic mass is 28.4. The Morgan fingerprint density at radius 2 is 0.864 bits per heavy atom. The number of esters is 2. The number of nitrogens with zero attached hydrogens (tertiary/aromatic N) is 3. The van der Waals surface area contributed by atoms with Gasteiger partial charge in [0.15, 0.2) is 16.6 Å². The Morgan fingerprint density at radius 3 is 1.20 bits per heavy atom. The zero-order valence-electron chi connectivity index (χ0n) is 27.8. The molecule has 3 heterocycles. The molecule has 0 fully saturated rings. The summed E-state index contributed by atoms with van der Waals surface area (Å²) in [6.07, 6.45) is 0. The quantitative estimate of drug-likeness (QED) is 0.146. The molecule has 0 aliphatic rings. The first-order chi connectivity index (χ1) is 20.4. The van der Waals surface area contributed by atoms with Crippen LogP contribution in [0.3, 0.4) is 0 Å². The van der Waals surface area contributed by atoms with Gasteiger partial charge in [0.1, 0.15) is 24.6 Å². The van der Waals surface area contributed by atoms with Gasteiger partial charge in [0.05, 0.1) is 36.0 Å². The van der Waals surface area contributed by atoms with Crippen molar-refractivity contribution in [1.29, 1.82) is 0 Å². The van der Waals surface area contributed by atoms with Crippen molar-refractivity contribution < 1.29 is 27.9 Å². The zero-order chi connectivity index (χ0) is 32.8. The van der Waals surface area contributed by atoms with Gasteiger partial charge in [-0.05, 0) is 72.7 Å². The lowest BCUT2D eigenvalue weighted by molar-refractivity contribution is 0.0451. The molecule has 3 rings (SSSR count). The minimum absolute atomic E-state index is 0.000217. The second-order valence-electron chi connectivity index (χ2n) is 13.9.